The van der Waals surface area contributed by atoms with Crippen molar-refractivity contribution in [1.29, 1.82) is 0 Å². The third kappa shape index (κ3) is 5.03. The Balaban J connectivity index is 2.91. The first kappa shape index (κ1) is 18.6. The van der Waals surface area contributed by atoms with Gasteiger partial charge in [-0.25, -0.2) is 8.42 Å². The minimum atomic E-state index is -3.38. The molecule has 0 fully saturated rings. The predicted octanol–water partition coefficient (Wildman–Crippen LogP) is 1.74. The summed E-state index contributed by atoms with van der Waals surface area (Å²) in [5, 5.41) is 3.06. The molecule has 0 spiro atoms. The highest BCUT2D eigenvalue weighted by atomic mass is 32.2. The zero-order valence-corrected chi connectivity index (χ0v) is 15.3. The van der Waals surface area contributed by atoms with Crippen LogP contribution in [0, 0.1) is 6.92 Å². The zero-order chi connectivity index (χ0) is 16.0. The fourth-order valence-corrected chi connectivity index (χ4v) is 5.30. The summed E-state index contributed by atoms with van der Waals surface area (Å²) in [6.45, 7) is 6.43. The Morgan fingerprint density at radius 3 is 2.48 bits per heavy atom. The fourth-order valence-electron chi connectivity index (χ4n) is 2.19. The van der Waals surface area contributed by atoms with Gasteiger partial charge in [0.2, 0.25) is 10.0 Å². The van der Waals surface area contributed by atoms with Crippen LogP contribution < -0.4 is 5.32 Å². The van der Waals surface area contributed by atoms with Crippen molar-refractivity contribution in [1.82, 2.24) is 14.5 Å². The lowest BCUT2D eigenvalue weighted by Crippen LogP contribution is -2.33. The second kappa shape index (κ2) is 8.24. The molecule has 21 heavy (non-hydrogen) atoms. The van der Waals surface area contributed by atoms with Crippen LogP contribution in [0.2, 0.25) is 0 Å². The van der Waals surface area contributed by atoms with Crippen molar-refractivity contribution in [2.24, 2.45) is 0 Å². The van der Waals surface area contributed by atoms with Gasteiger partial charge in [-0.2, -0.15) is 4.31 Å². The van der Waals surface area contributed by atoms with Gasteiger partial charge in [0, 0.05) is 29.4 Å². The lowest BCUT2D eigenvalue weighted by molar-refractivity contribution is 0.356. The standard InChI is InChI=1S/C14H27N3O2S2/c1-6-17(9-7-8-16(4)5)21(18,19)14-10-13(11-15-3)20-12(14)2/h10,15H,6-9,11H2,1-5H3. The second-order valence-corrected chi connectivity index (χ2v) is 8.56. The van der Waals surface area contributed by atoms with Crippen molar-refractivity contribution in [3.05, 3.63) is 15.8 Å². The molecule has 7 heteroatoms. The van der Waals surface area contributed by atoms with E-state index in [9.17, 15) is 8.42 Å². The van der Waals surface area contributed by atoms with Crippen LogP contribution in [-0.4, -0.2) is 58.4 Å². The molecule has 0 unspecified atom stereocenters. The van der Waals surface area contributed by atoms with Gasteiger partial charge in [0.1, 0.15) is 0 Å². The van der Waals surface area contributed by atoms with E-state index in [1.54, 1.807) is 21.7 Å². The van der Waals surface area contributed by atoms with E-state index in [0.29, 0.717) is 24.5 Å². The highest BCUT2D eigenvalue weighted by molar-refractivity contribution is 7.89. The fraction of sp³-hybridized carbons (Fsp3) is 0.714. The van der Waals surface area contributed by atoms with E-state index in [1.165, 1.54) is 0 Å². The number of thiophene rings is 1. The van der Waals surface area contributed by atoms with Crippen LogP contribution >= 0.6 is 11.3 Å². The third-order valence-corrected chi connectivity index (χ3v) is 6.54. The first-order valence-electron chi connectivity index (χ1n) is 7.21. The lowest BCUT2D eigenvalue weighted by Gasteiger charge is -2.21. The minimum Gasteiger partial charge on any atom is -0.315 e. The lowest BCUT2D eigenvalue weighted by atomic mass is 10.4. The van der Waals surface area contributed by atoms with E-state index < -0.39 is 10.0 Å². The highest BCUT2D eigenvalue weighted by Gasteiger charge is 2.26. The summed E-state index contributed by atoms with van der Waals surface area (Å²) in [6, 6.07) is 1.81. The Morgan fingerprint density at radius 1 is 1.29 bits per heavy atom. The average Bonchev–Trinajstić information content (AvgIpc) is 2.76. The summed E-state index contributed by atoms with van der Waals surface area (Å²) in [6.07, 6.45) is 0.840. The van der Waals surface area contributed by atoms with Gasteiger partial charge in [-0.1, -0.05) is 6.92 Å². The maximum Gasteiger partial charge on any atom is 0.244 e. The smallest absolute Gasteiger partial charge is 0.244 e. The molecule has 0 amide bonds. The number of aryl methyl sites for hydroxylation is 1. The first-order valence-corrected chi connectivity index (χ1v) is 9.47. The molecule has 0 radical (unpaired) electrons. The van der Waals surface area contributed by atoms with E-state index in [0.717, 1.165) is 22.7 Å². The molecule has 122 valence electrons. The SMILES string of the molecule is CCN(CCCN(C)C)S(=O)(=O)c1cc(CNC)sc1C. The molecule has 5 nitrogen and oxygen atoms in total. The summed E-state index contributed by atoms with van der Waals surface area (Å²) in [5.74, 6) is 0. The monoisotopic (exact) mass is 333 g/mol. The van der Waals surface area contributed by atoms with E-state index in [2.05, 4.69) is 10.2 Å². The molecule has 0 aromatic carbocycles. The van der Waals surface area contributed by atoms with Gasteiger partial charge in [0.25, 0.3) is 0 Å². The second-order valence-electron chi connectivity index (χ2n) is 5.32. The summed E-state index contributed by atoms with van der Waals surface area (Å²) < 4.78 is 27.1. The zero-order valence-electron chi connectivity index (χ0n) is 13.6. The Kier molecular flexibility index (Phi) is 7.29. The summed E-state index contributed by atoms with van der Waals surface area (Å²) in [4.78, 5) is 4.45. The topological polar surface area (TPSA) is 52.7 Å². The molecule has 1 heterocycles. The number of hydrogen-bond acceptors (Lipinski definition) is 5. The summed E-state index contributed by atoms with van der Waals surface area (Å²) >= 11 is 1.55. The number of hydrogen-bond donors (Lipinski definition) is 1. The van der Waals surface area contributed by atoms with Gasteiger partial charge in [0.05, 0.1) is 4.90 Å². The largest absolute Gasteiger partial charge is 0.315 e. The number of nitrogens with one attached hydrogen (secondary N) is 1. The molecule has 1 aromatic rings. The molecule has 0 aliphatic heterocycles. The normalized spacial score (nSPS) is 12.5. The molecule has 0 bridgehead atoms. The first-order chi connectivity index (χ1) is 9.82. The molecular weight excluding hydrogens is 306 g/mol. The van der Waals surface area contributed by atoms with Crippen LogP contribution in [0.5, 0.6) is 0 Å². The minimum absolute atomic E-state index is 0.462. The molecule has 0 aliphatic rings. The molecule has 0 saturated carbocycles. The molecular formula is C14H27N3O2S2. The predicted molar refractivity (Wildman–Crippen MR) is 89.4 cm³/mol. The number of sulfonamides is 1. The molecule has 0 aliphatic carbocycles. The van der Waals surface area contributed by atoms with E-state index >= 15 is 0 Å². The van der Waals surface area contributed by atoms with Crippen LogP contribution in [0.1, 0.15) is 23.1 Å². The van der Waals surface area contributed by atoms with Crippen molar-refractivity contribution in [3.8, 4) is 0 Å². The van der Waals surface area contributed by atoms with Crippen molar-refractivity contribution in [3.63, 3.8) is 0 Å². The van der Waals surface area contributed by atoms with Gasteiger partial charge in [-0.05, 0) is 47.1 Å². The quantitative estimate of drug-likeness (QED) is 0.748. The van der Waals surface area contributed by atoms with Gasteiger partial charge >= 0.3 is 0 Å². The maximum atomic E-state index is 12.8. The van der Waals surface area contributed by atoms with Crippen LogP contribution in [-0.2, 0) is 16.6 Å². The molecule has 0 saturated heterocycles. The average molecular weight is 334 g/mol. The van der Waals surface area contributed by atoms with Crippen LogP contribution in [0.15, 0.2) is 11.0 Å². The van der Waals surface area contributed by atoms with Crippen LogP contribution in [0.3, 0.4) is 0 Å². The Hall–Kier alpha value is -0.470. The van der Waals surface area contributed by atoms with Gasteiger partial charge < -0.3 is 10.2 Å². The van der Waals surface area contributed by atoms with Gasteiger partial charge in [-0.15, -0.1) is 11.3 Å². The third-order valence-electron chi connectivity index (χ3n) is 3.26. The number of nitrogens with zero attached hydrogens (tertiary/aromatic N) is 2. The Labute approximate surface area is 133 Å². The summed E-state index contributed by atoms with van der Waals surface area (Å²) in [7, 11) is 2.48. The van der Waals surface area contributed by atoms with Crippen molar-refractivity contribution in [2.75, 3.05) is 40.8 Å². The maximum absolute atomic E-state index is 12.8. The Bertz CT molecular complexity index is 538. The van der Waals surface area contributed by atoms with Crippen molar-refractivity contribution < 1.29 is 8.42 Å². The Morgan fingerprint density at radius 2 is 1.95 bits per heavy atom. The highest BCUT2D eigenvalue weighted by Crippen LogP contribution is 2.28. The van der Waals surface area contributed by atoms with Gasteiger partial charge in [-0.3, -0.25) is 0 Å². The van der Waals surface area contributed by atoms with E-state index in [1.807, 2.05) is 35.0 Å². The summed E-state index contributed by atoms with van der Waals surface area (Å²) in [5.41, 5.74) is 0. The van der Waals surface area contributed by atoms with Gasteiger partial charge in [0.15, 0.2) is 0 Å². The molecule has 1 N–H and O–H groups in total. The van der Waals surface area contributed by atoms with Crippen LogP contribution in [0.25, 0.3) is 0 Å². The molecule has 1 rings (SSSR count). The number of rotatable bonds is 9. The van der Waals surface area contributed by atoms with Crippen molar-refractivity contribution in [2.45, 2.75) is 31.7 Å². The van der Waals surface area contributed by atoms with E-state index in [-0.39, 0.29) is 0 Å². The molecule has 1 aromatic heterocycles. The van der Waals surface area contributed by atoms with Crippen molar-refractivity contribution >= 4 is 21.4 Å². The van der Waals surface area contributed by atoms with Crippen LogP contribution in [0.4, 0.5) is 0 Å². The van der Waals surface area contributed by atoms with E-state index in [4.69, 9.17) is 0 Å². The molecule has 0 atom stereocenters.